The average Bonchev–Trinajstić information content (AvgIpc) is 2.45. The summed E-state index contributed by atoms with van der Waals surface area (Å²) < 4.78 is 10.7. The van der Waals surface area contributed by atoms with Crippen LogP contribution in [-0.2, 0) is 0 Å². The van der Waals surface area contributed by atoms with Gasteiger partial charge in [0.15, 0.2) is 10.9 Å². The fraction of sp³-hybridized carbons (Fsp3) is 0.375. The Morgan fingerprint density at radius 1 is 0.696 bits per heavy atom. The summed E-state index contributed by atoms with van der Waals surface area (Å²) in [4.78, 5) is 9.32. The summed E-state index contributed by atoms with van der Waals surface area (Å²) in [5.74, 6) is 0. The summed E-state index contributed by atoms with van der Waals surface area (Å²) in [7, 11) is -5.76. The Morgan fingerprint density at radius 2 is 1.09 bits per heavy atom. The third-order valence-electron chi connectivity index (χ3n) is 2.83. The Hall–Kier alpha value is -0.916. The zero-order valence-electron chi connectivity index (χ0n) is 14.9. The van der Waals surface area contributed by atoms with Crippen molar-refractivity contribution in [2.75, 3.05) is 0 Å². The predicted molar refractivity (Wildman–Crippen MR) is 108 cm³/mol. The number of pyridine rings is 2. The van der Waals surface area contributed by atoms with Crippen molar-refractivity contribution in [3.05, 3.63) is 58.3 Å². The van der Waals surface area contributed by atoms with Crippen molar-refractivity contribution in [2.24, 2.45) is 0 Å². The molecule has 0 radical (unpaired) electrons. The van der Waals surface area contributed by atoms with E-state index >= 15 is 0 Å². The van der Waals surface area contributed by atoms with E-state index < -0.39 is 24.0 Å². The second-order valence-corrected chi connectivity index (χ2v) is 19.9. The smallest absolute Gasteiger partial charge is 0.160 e. The van der Waals surface area contributed by atoms with Gasteiger partial charge in [0.1, 0.15) is 0 Å². The molecule has 0 atom stereocenters. The minimum Gasteiger partial charge on any atom is -0.494 e. The zero-order valence-corrected chi connectivity index (χ0v) is 17.7. The van der Waals surface area contributed by atoms with Crippen LogP contribution in [0.2, 0.25) is 39.3 Å². The van der Waals surface area contributed by atoms with Gasteiger partial charge in [-0.25, -0.2) is 9.97 Å². The Kier molecular flexibility index (Phi) is 5.53. The SMILES string of the molecule is C[Si](C)(C)[N-][P+]([N-][Si](C)(C)C)(c1ccccn1)c1ccccn1. The van der Waals surface area contributed by atoms with Crippen LogP contribution in [-0.4, -0.2) is 26.4 Å². The first-order valence-electron chi connectivity index (χ1n) is 7.84. The summed E-state index contributed by atoms with van der Waals surface area (Å²) in [5.41, 5.74) is 1.95. The van der Waals surface area contributed by atoms with Gasteiger partial charge in [-0.3, -0.25) is 0 Å². The molecule has 0 N–H and O–H groups in total. The predicted octanol–water partition coefficient (Wildman–Crippen LogP) is 4.69. The van der Waals surface area contributed by atoms with Crippen LogP contribution in [0.5, 0.6) is 0 Å². The lowest BCUT2D eigenvalue weighted by molar-refractivity contribution is 1.36. The van der Waals surface area contributed by atoms with Gasteiger partial charge in [0, 0.05) is 12.4 Å². The third-order valence-corrected chi connectivity index (χ3v) is 11.7. The number of aromatic nitrogens is 2. The van der Waals surface area contributed by atoms with Crippen molar-refractivity contribution in [3.8, 4) is 0 Å². The Labute approximate surface area is 142 Å². The molecule has 2 heterocycles. The van der Waals surface area contributed by atoms with Crippen molar-refractivity contribution in [2.45, 2.75) is 39.3 Å². The van der Waals surface area contributed by atoms with Gasteiger partial charge in [0.05, 0.1) is 0 Å². The van der Waals surface area contributed by atoms with Crippen LogP contribution in [0.3, 0.4) is 0 Å². The second-order valence-electron chi connectivity index (χ2n) is 7.52. The summed E-state index contributed by atoms with van der Waals surface area (Å²) in [6, 6.07) is 12.1. The monoisotopic (exact) mass is 361 g/mol. The molecule has 2 rings (SSSR count). The fourth-order valence-corrected chi connectivity index (χ4v) is 12.7. The molecule has 0 aliphatic heterocycles. The van der Waals surface area contributed by atoms with E-state index in [0.717, 1.165) is 10.9 Å². The molecule has 2 aromatic rings. The van der Waals surface area contributed by atoms with E-state index in [0.29, 0.717) is 0 Å². The molecule has 0 aliphatic carbocycles. The lowest BCUT2D eigenvalue weighted by Crippen LogP contribution is -2.35. The summed E-state index contributed by atoms with van der Waals surface area (Å²) >= 11 is 0. The minimum absolute atomic E-state index is 0.976. The lowest BCUT2D eigenvalue weighted by Gasteiger charge is -2.55. The molecule has 4 nitrogen and oxygen atoms in total. The highest BCUT2D eigenvalue weighted by Gasteiger charge is 2.33. The summed E-state index contributed by atoms with van der Waals surface area (Å²) in [6.07, 6.45) is 3.68. The van der Waals surface area contributed by atoms with E-state index in [1.54, 1.807) is 0 Å². The van der Waals surface area contributed by atoms with E-state index in [9.17, 15) is 0 Å². The van der Waals surface area contributed by atoms with Crippen molar-refractivity contribution in [1.82, 2.24) is 9.97 Å². The minimum atomic E-state index is -2.29. The number of hydrogen-bond donors (Lipinski definition) is 0. The second kappa shape index (κ2) is 6.91. The Bertz CT molecular complexity index is 567. The van der Waals surface area contributed by atoms with Crippen LogP contribution in [0.1, 0.15) is 0 Å². The first-order chi connectivity index (χ1) is 10.6. The molecule has 0 unspecified atom stereocenters. The molecule has 0 amide bonds. The van der Waals surface area contributed by atoms with Crippen molar-refractivity contribution in [3.63, 3.8) is 0 Å². The molecule has 124 valence electrons. The number of nitrogens with zero attached hydrogens (tertiary/aromatic N) is 4. The van der Waals surface area contributed by atoms with Gasteiger partial charge >= 0.3 is 0 Å². The molecule has 0 saturated carbocycles. The first kappa shape index (κ1) is 18.4. The van der Waals surface area contributed by atoms with Gasteiger partial charge in [0.25, 0.3) is 0 Å². The van der Waals surface area contributed by atoms with Crippen molar-refractivity contribution >= 4 is 34.9 Å². The Balaban J connectivity index is 2.68. The van der Waals surface area contributed by atoms with Crippen molar-refractivity contribution in [1.29, 1.82) is 0 Å². The first-order valence-corrected chi connectivity index (χ1v) is 16.4. The van der Waals surface area contributed by atoms with E-state index in [4.69, 9.17) is 9.51 Å². The highest BCUT2D eigenvalue weighted by molar-refractivity contribution is 7.97. The highest BCUT2D eigenvalue weighted by Crippen LogP contribution is 2.69. The highest BCUT2D eigenvalue weighted by atomic mass is 31.2. The van der Waals surface area contributed by atoms with Crippen LogP contribution < -0.4 is 10.9 Å². The molecular weight excluding hydrogens is 335 g/mol. The molecule has 0 bridgehead atoms. The zero-order chi connectivity index (χ0) is 17.1. The lowest BCUT2D eigenvalue weighted by atomic mass is 10.5. The van der Waals surface area contributed by atoms with Gasteiger partial charge < -0.3 is 9.51 Å². The molecular formula is C16H26N4PSi2-. The molecule has 0 spiro atoms. The van der Waals surface area contributed by atoms with E-state index in [-0.39, 0.29) is 0 Å². The molecule has 2 aromatic heterocycles. The van der Waals surface area contributed by atoms with Gasteiger partial charge in [-0.2, -0.15) is 0 Å². The third kappa shape index (κ3) is 5.03. The van der Waals surface area contributed by atoms with E-state index in [1.807, 2.05) is 36.7 Å². The maximum atomic E-state index is 5.36. The quantitative estimate of drug-likeness (QED) is 0.553. The van der Waals surface area contributed by atoms with Crippen LogP contribution in [0.15, 0.2) is 48.8 Å². The van der Waals surface area contributed by atoms with Crippen LogP contribution in [0, 0.1) is 0 Å². The maximum Gasteiger partial charge on any atom is 0.160 e. The molecule has 0 fully saturated rings. The van der Waals surface area contributed by atoms with Gasteiger partial charge in [-0.15, -0.1) is 0 Å². The average molecular weight is 362 g/mol. The molecule has 23 heavy (non-hydrogen) atoms. The maximum absolute atomic E-state index is 5.36. The largest absolute Gasteiger partial charge is 0.494 e. The topological polar surface area (TPSA) is 54.0 Å². The van der Waals surface area contributed by atoms with E-state index in [2.05, 4.69) is 61.4 Å². The number of rotatable bonds is 6. The normalized spacial score (nSPS) is 13.1. The number of hydrogen-bond acceptors (Lipinski definition) is 2. The molecule has 0 aromatic carbocycles. The Morgan fingerprint density at radius 3 is 1.35 bits per heavy atom. The van der Waals surface area contributed by atoms with Crippen molar-refractivity contribution < 1.29 is 0 Å². The molecule has 7 heteroatoms. The van der Waals surface area contributed by atoms with Gasteiger partial charge in [-0.1, -0.05) is 51.4 Å². The standard InChI is InChI=1S/C16H26N4PSi2/c1-22(2,3)19-21(20-23(4,5)6,15-11-7-9-13-17-15)16-12-8-10-14-18-16/h7-14H,1-6H3/q-1. The van der Waals surface area contributed by atoms with Gasteiger partial charge in [0.2, 0.25) is 0 Å². The molecule has 0 saturated heterocycles. The van der Waals surface area contributed by atoms with Crippen LogP contribution >= 0.6 is 7.56 Å². The van der Waals surface area contributed by atoms with Crippen LogP contribution in [0.25, 0.3) is 9.51 Å². The fourth-order valence-electron chi connectivity index (χ4n) is 2.29. The summed E-state index contributed by atoms with van der Waals surface area (Å²) in [6.45, 7) is 13.5. The summed E-state index contributed by atoms with van der Waals surface area (Å²) in [5, 5.41) is 0. The van der Waals surface area contributed by atoms with E-state index in [1.165, 1.54) is 0 Å². The van der Waals surface area contributed by atoms with Gasteiger partial charge in [-0.05, 0) is 48.3 Å². The van der Waals surface area contributed by atoms with Crippen LogP contribution in [0.4, 0.5) is 0 Å². The molecule has 0 aliphatic rings.